The van der Waals surface area contributed by atoms with E-state index in [-0.39, 0.29) is 5.60 Å². The van der Waals surface area contributed by atoms with Gasteiger partial charge in [-0.3, -0.25) is 10.00 Å². The van der Waals surface area contributed by atoms with Gasteiger partial charge >= 0.3 is 0 Å². The number of likely N-dealkylation sites (tertiary alicyclic amines) is 1. The fourth-order valence-electron chi connectivity index (χ4n) is 3.44. The maximum absolute atomic E-state index is 10.1. The van der Waals surface area contributed by atoms with Gasteiger partial charge in [-0.05, 0) is 18.9 Å². The van der Waals surface area contributed by atoms with Crippen LogP contribution in [-0.4, -0.2) is 39.9 Å². The van der Waals surface area contributed by atoms with Crippen LogP contribution in [0.25, 0.3) is 0 Å². The number of H-pyrrole nitrogens is 1. The molecule has 2 aliphatic rings. The number of halogens is 1. The van der Waals surface area contributed by atoms with Crippen molar-refractivity contribution in [1.82, 2.24) is 15.1 Å². The zero-order chi connectivity index (χ0) is 17.2. The summed E-state index contributed by atoms with van der Waals surface area (Å²) < 4.78 is 6.83. The number of hydrogen-bond donors (Lipinski definition) is 2. The van der Waals surface area contributed by atoms with Gasteiger partial charge in [0.2, 0.25) is 0 Å². The molecule has 2 aliphatic heterocycles. The number of aromatic amines is 1. The van der Waals surface area contributed by atoms with Crippen molar-refractivity contribution in [3.8, 4) is 0 Å². The van der Waals surface area contributed by atoms with Crippen molar-refractivity contribution in [2.24, 2.45) is 0 Å². The van der Waals surface area contributed by atoms with Crippen molar-refractivity contribution in [2.75, 3.05) is 19.7 Å². The van der Waals surface area contributed by atoms with Crippen LogP contribution >= 0.6 is 22.9 Å². The molecule has 24 heavy (non-hydrogen) atoms. The van der Waals surface area contributed by atoms with E-state index in [0.29, 0.717) is 6.61 Å². The van der Waals surface area contributed by atoms with Crippen LogP contribution in [0.4, 0.5) is 0 Å². The minimum Gasteiger partial charge on any atom is -0.386 e. The molecule has 7 heteroatoms. The number of nitrogens with one attached hydrogen (secondary N) is 1. The number of nitrogens with zero attached hydrogens (tertiary/aromatic N) is 2. The first kappa shape index (κ1) is 17.9. The topological polar surface area (TPSA) is 61.4 Å². The lowest BCUT2D eigenvalue weighted by Gasteiger charge is -2.44. The number of hydrogen-bond acceptors (Lipinski definition) is 5. The Balaban J connectivity index is 0.000000815. The maximum atomic E-state index is 10.1. The summed E-state index contributed by atoms with van der Waals surface area (Å²) in [4.78, 5) is 3.54. The van der Waals surface area contributed by atoms with E-state index in [1.807, 2.05) is 32.3 Å². The van der Waals surface area contributed by atoms with Gasteiger partial charge in [0.15, 0.2) is 0 Å². The molecule has 4 heterocycles. The smallest absolute Gasteiger partial charge is 0.105 e. The third-order valence-corrected chi connectivity index (χ3v) is 6.11. The van der Waals surface area contributed by atoms with Gasteiger partial charge in [0.05, 0.1) is 17.1 Å². The van der Waals surface area contributed by atoms with E-state index in [0.717, 1.165) is 47.3 Å². The van der Waals surface area contributed by atoms with Crippen molar-refractivity contribution in [3.05, 3.63) is 38.8 Å². The molecule has 5 nitrogen and oxygen atoms in total. The molecule has 2 aromatic rings. The summed E-state index contributed by atoms with van der Waals surface area (Å²) in [5, 5.41) is 17.0. The van der Waals surface area contributed by atoms with E-state index in [9.17, 15) is 5.11 Å². The van der Waals surface area contributed by atoms with Crippen molar-refractivity contribution >= 4 is 22.9 Å². The van der Waals surface area contributed by atoms with E-state index in [1.165, 1.54) is 5.56 Å². The first-order valence-electron chi connectivity index (χ1n) is 8.48. The Morgan fingerprint density at radius 3 is 2.88 bits per heavy atom. The molecule has 0 amide bonds. The molecule has 0 bridgehead atoms. The van der Waals surface area contributed by atoms with Crippen LogP contribution in [0.5, 0.6) is 0 Å². The normalized spacial score (nSPS) is 22.8. The summed E-state index contributed by atoms with van der Waals surface area (Å²) in [6.07, 6.45) is 5.13. The highest BCUT2D eigenvalue weighted by Gasteiger charge is 2.44. The van der Waals surface area contributed by atoms with Gasteiger partial charge in [0, 0.05) is 41.8 Å². The van der Waals surface area contributed by atoms with Gasteiger partial charge in [0.1, 0.15) is 11.7 Å². The maximum Gasteiger partial charge on any atom is 0.105 e. The fourth-order valence-corrected chi connectivity index (χ4v) is 4.93. The van der Waals surface area contributed by atoms with Gasteiger partial charge in [-0.1, -0.05) is 25.4 Å². The first-order chi connectivity index (χ1) is 11.7. The second-order valence-corrected chi connectivity index (χ2v) is 7.72. The second-order valence-electron chi connectivity index (χ2n) is 6.04. The van der Waals surface area contributed by atoms with E-state index in [2.05, 4.69) is 15.1 Å². The number of rotatable bonds is 2. The Kier molecular flexibility index (Phi) is 5.62. The number of aliphatic hydroxyl groups is 1. The van der Waals surface area contributed by atoms with Crippen LogP contribution in [0, 0.1) is 0 Å². The average Bonchev–Trinajstić information content (AvgIpc) is 3.25. The van der Waals surface area contributed by atoms with E-state index in [1.54, 1.807) is 11.3 Å². The molecular formula is C17H24ClN3O2S. The number of aliphatic hydroxyl groups excluding tert-OH is 1. The zero-order valence-electron chi connectivity index (χ0n) is 14.1. The minimum absolute atomic E-state index is 0.265. The van der Waals surface area contributed by atoms with Crippen LogP contribution in [0.2, 0.25) is 4.34 Å². The summed E-state index contributed by atoms with van der Waals surface area (Å²) in [6.45, 7) is 7.21. The van der Waals surface area contributed by atoms with Crippen LogP contribution in [0.15, 0.2) is 18.5 Å². The molecule has 0 aromatic carbocycles. The van der Waals surface area contributed by atoms with Gasteiger partial charge in [-0.2, -0.15) is 5.10 Å². The Hall–Kier alpha value is -0.920. The van der Waals surface area contributed by atoms with Crippen molar-refractivity contribution in [3.63, 3.8) is 0 Å². The quantitative estimate of drug-likeness (QED) is 0.847. The Morgan fingerprint density at radius 1 is 1.46 bits per heavy atom. The first-order valence-corrected chi connectivity index (χ1v) is 9.67. The van der Waals surface area contributed by atoms with Gasteiger partial charge in [-0.15, -0.1) is 11.3 Å². The third-order valence-electron chi connectivity index (χ3n) is 4.65. The summed E-state index contributed by atoms with van der Waals surface area (Å²) >= 11 is 7.73. The highest BCUT2D eigenvalue weighted by molar-refractivity contribution is 7.16. The molecular weight excluding hydrogens is 346 g/mol. The van der Waals surface area contributed by atoms with Crippen molar-refractivity contribution in [1.29, 1.82) is 0 Å². The molecule has 1 fully saturated rings. The number of ether oxygens (including phenoxy) is 1. The predicted octanol–water partition coefficient (Wildman–Crippen LogP) is 3.71. The van der Waals surface area contributed by atoms with Gasteiger partial charge < -0.3 is 9.84 Å². The predicted molar refractivity (Wildman–Crippen MR) is 96.4 cm³/mol. The number of fused-ring (bicyclic) bond motifs is 2. The molecule has 0 radical (unpaired) electrons. The van der Waals surface area contributed by atoms with Crippen LogP contribution in [0.3, 0.4) is 0 Å². The summed E-state index contributed by atoms with van der Waals surface area (Å²) in [7, 11) is 0. The molecule has 1 atom stereocenters. The second kappa shape index (κ2) is 7.54. The molecule has 2 aromatic heterocycles. The number of thiophene rings is 1. The van der Waals surface area contributed by atoms with Crippen LogP contribution in [0.1, 0.15) is 48.8 Å². The van der Waals surface area contributed by atoms with Gasteiger partial charge in [-0.25, -0.2) is 0 Å². The van der Waals surface area contributed by atoms with Gasteiger partial charge in [0.25, 0.3) is 0 Å². The standard InChI is InChI=1S/C15H18ClN3O2S.C2H6/c16-13-5-11-12(20)9-21-15(14(11)22-13)1-3-19(4-2-15)8-10-6-17-18-7-10;1-2/h5-7,12,20H,1-4,8-9H2,(H,17,18);1-2H3. The lowest BCUT2D eigenvalue weighted by atomic mass is 9.84. The fraction of sp³-hybridized carbons (Fsp3) is 0.588. The zero-order valence-corrected chi connectivity index (χ0v) is 15.7. The average molecular weight is 370 g/mol. The molecule has 1 unspecified atom stereocenters. The molecule has 1 spiro atoms. The summed E-state index contributed by atoms with van der Waals surface area (Å²) in [6, 6.07) is 1.90. The lowest BCUT2D eigenvalue weighted by molar-refractivity contribution is -0.129. The van der Waals surface area contributed by atoms with E-state index >= 15 is 0 Å². The highest BCUT2D eigenvalue weighted by Crippen LogP contribution is 2.49. The molecule has 0 saturated carbocycles. The van der Waals surface area contributed by atoms with Crippen molar-refractivity contribution < 1.29 is 9.84 Å². The SMILES string of the molecule is CC.OC1COC2(CCN(Cc3cn[nH]c3)CC2)c2sc(Cl)cc21. The Labute approximate surface area is 151 Å². The summed E-state index contributed by atoms with van der Waals surface area (Å²) in [5.74, 6) is 0. The third kappa shape index (κ3) is 3.39. The van der Waals surface area contributed by atoms with E-state index in [4.69, 9.17) is 16.3 Å². The highest BCUT2D eigenvalue weighted by atomic mass is 35.5. The van der Waals surface area contributed by atoms with Crippen molar-refractivity contribution in [2.45, 2.75) is 44.9 Å². The molecule has 132 valence electrons. The van der Waals surface area contributed by atoms with Crippen LogP contribution in [-0.2, 0) is 16.9 Å². The lowest BCUT2D eigenvalue weighted by Crippen LogP contribution is -2.46. The molecule has 2 N–H and O–H groups in total. The van der Waals surface area contributed by atoms with E-state index < -0.39 is 6.10 Å². The Bertz CT molecular complexity index is 651. The number of aromatic nitrogens is 2. The molecule has 0 aliphatic carbocycles. The van der Waals surface area contributed by atoms with Crippen LogP contribution < -0.4 is 0 Å². The largest absolute Gasteiger partial charge is 0.386 e. The minimum atomic E-state index is -0.548. The number of piperidine rings is 1. The summed E-state index contributed by atoms with van der Waals surface area (Å²) in [5.41, 5.74) is 1.90. The monoisotopic (exact) mass is 369 g/mol. The Morgan fingerprint density at radius 2 is 2.21 bits per heavy atom. The molecule has 1 saturated heterocycles. The molecule has 4 rings (SSSR count).